The molecule has 1 aromatic carbocycles. The Labute approximate surface area is 161 Å². The largest absolute Gasteiger partial charge is 0.494 e. The van der Waals surface area contributed by atoms with Crippen molar-refractivity contribution in [3.63, 3.8) is 0 Å². The van der Waals surface area contributed by atoms with Crippen molar-refractivity contribution >= 4 is 18.0 Å². The molecule has 0 radical (unpaired) electrons. The molecule has 0 unspecified atom stereocenters. The molecular weight excluding hydrogens is 342 g/mol. The average Bonchev–Trinajstić information content (AvgIpc) is 2.64. The maximum atomic E-state index is 12.7. The van der Waals surface area contributed by atoms with E-state index < -0.39 is 6.04 Å². The fourth-order valence-corrected chi connectivity index (χ4v) is 3.38. The number of hydrogen-bond donors (Lipinski definition) is 1. The predicted octanol–water partition coefficient (Wildman–Crippen LogP) is 3.34. The third-order valence-corrected chi connectivity index (χ3v) is 5.12. The molecule has 27 heavy (non-hydrogen) atoms. The number of amides is 1. The van der Waals surface area contributed by atoms with E-state index >= 15 is 0 Å². The smallest absolute Gasteiger partial charge is 0.223 e. The molecular formula is C22H31NO4. The van der Waals surface area contributed by atoms with E-state index in [2.05, 4.69) is 5.32 Å². The number of ether oxygens (including phenoxy) is 1. The highest BCUT2D eigenvalue weighted by Gasteiger charge is 2.28. The van der Waals surface area contributed by atoms with Gasteiger partial charge in [-0.25, -0.2) is 0 Å². The Bertz CT molecular complexity index is 638. The van der Waals surface area contributed by atoms with E-state index in [0.29, 0.717) is 19.4 Å². The lowest BCUT2D eigenvalue weighted by molar-refractivity contribution is -0.131. The number of ketones is 1. The van der Waals surface area contributed by atoms with Crippen LogP contribution in [-0.4, -0.2) is 30.6 Å². The Morgan fingerprint density at radius 1 is 1.11 bits per heavy atom. The van der Waals surface area contributed by atoms with Gasteiger partial charge >= 0.3 is 0 Å². The molecule has 0 aromatic heterocycles. The minimum absolute atomic E-state index is 0.0179. The summed E-state index contributed by atoms with van der Waals surface area (Å²) in [6.45, 7) is 6.29. The summed E-state index contributed by atoms with van der Waals surface area (Å²) in [6, 6.07) is 7.25. The molecule has 2 bridgehead atoms. The first kappa shape index (κ1) is 21.1. The van der Waals surface area contributed by atoms with Gasteiger partial charge in [-0.3, -0.25) is 9.59 Å². The zero-order chi connectivity index (χ0) is 19.8. The molecule has 0 fully saturated rings. The highest BCUT2D eigenvalue weighted by Crippen LogP contribution is 2.19. The maximum absolute atomic E-state index is 12.7. The van der Waals surface area contributed by atoms with Crippen LogP contribution in [0.4, 0.5) is 0 Å². The molecule has 1 N–H and O–H groups in total. The maximum Gasteiger partial charge on any atom is 0.223 e. The summed E-state index contributed by atoms with van der Waals surface area (Å²) in [5.41, 5.74) is 1.06. The van der Waals surface area contributed by atoms with Gasteiger partial charge < -0.3 is 14.8 Å². The highest BCUT2D eigenvalue weighted by atomic mass is 16.5. The first-order chi connectivity index (χ1) is 12.9. The van der Waals surface area contributed by atoms with Crippen LogP contribution >= 0.6 is 0 Å². The summed E-state index contributed by atoms with van der Waals surface area (Å²) in [6.07, 6.45) is 3.97. The molecule has 5 nitrogen and oxygen atoms in total. The number of benzene rings is 1. The molecule has 3 atom stereocenters. The van der Waals surface area contributed by atoms with Crippen molar-refractivity contribution in [1.29, 1.82) is 0 Å². The Kier molecular flexibility index (Phi) is 8.01. The third-order valence-electron chi connectivity index (χ3n) is 5.12. The summed E-state index contributed by atoms with van der Waals surface area (Å²) >= 11 is 0. The molecule has 2 aliphatic rings. The normalized spacial score (nSPS) is 25.6. The van der Waals surface area contributed by atoms with Gasteiger partial charge in [-0.2, -0.15) is 0 Å². The summed E-state index contributed by atoms with van der Waals surface area (Å²) < 4.78 is 5.74. The number of aldehydes is 1. The van der Waals surface area contributed by atoms with Gasteiger partial charge in [0.1, 0.15) is 12.0 Å². The SMILES string of the molecule is CC(C)[C@@H]1NC(=O)[C@@H](C)Cc2ccc(cc2)OCCCC[C@@H](C=O)CC1=O. The summed E-state index contributed by atoms with van der Waals surface area (Å²) in [7, 11) is 0. The molecule has 148 valence electrons. The molecule has 1 aromatic rings. The van der Waals surface area contributed by atoms with Crippen LogP contribution in [0, 0.1) is 17.8 Å². The first-order valence-electron chi connectivity index (χ1n) is 9.90. The topological polar surface area (TPSA) is 72.5 Å². The highest BCUT2D eigenvalue weighted by molar-refractivity contribution is 5.91. The Balaban J connectivity index is 2.18. The lowest BCUT2D eigenvalue weighted by atomic mass is 9.90. The van der Waals surface area contributed by atoms with E-state index in [9.17, 15) is 14.4 Å². The molecule has 0 saturated heterocycles. The Morgan fingerprint density at radius 3 is 2.44 bits per heavy atom. The minimum atomic E-state index is -0.552. The zero-order valence-corrected chi connectivity index (χ0v) is 16.6. The van der Waals surface area contributed by atoms with Crippen molar-refractivity contribution in [2.24, 2.45) is 17.8 Å². The van der Waals surface area contributed by atoms with E-state index in [0.717, 1.165) is 30.4 Å². The van der Waals surface area contributed by atoms with Crippen molar-refractivity contribution in [1.82, 2.24) is 5.32 Å². The van der Waals surface area contributed by atoms with Gasteiger partial charge in [-0.15, -0.1) is 0 Å². The van der Waals surface area contributed by atoms with Crippen molar-refractivity contribution in [3.8, 4) is 5.75 Å². The number of fused-ring (bicyclic) bond motifs is 14. The number of hydrogen-bond acceptors (Lipinski definition) is 4. The second-order valence-corrected chi connectivity index (χ2v) is 7.89. The summed E-state index contributed by atoms with van der Waals surface area (Å²) in [4.78, 5) is 36.7. The van der Waals surface area contributed by atoms with E-state index in [1.165, 1.54) is 0 Å². The van der Waals surface area contributed by atoms with Crippen molar-refractivity contribution in [2.75, 3.05) is 6.61 Å². The molecule has 0 spiro atoms. The van der Waals surface area contributed by atoms with Crippen LogP contribution in [0.25, 0.3) is 0 Å². The van der Waals surface area contributed by atoms with E-state index in [-0.39, 0.29) is 35.9 Å². The van der Waals surface area contributed by atoms with Crippen LogP contribution in [0.15, 0.2) is 24.3 Å². The molecule has 1 amide bonds. The standard InChI is InChI=1S/C22H31NO4/c1-15(2)21-20(25)13-18(14-24)6-4-5-11-27-19-9-7-17(8-10-19)12-16(3)22(26)23-21/h7-10,14-16,18,21H,4-6,11-13H2,1-3H3,(H,23,26)/t16-,18+,21-/m0/s1. The fourth-order valence-electron chi connectivity index (χ4n) is 3.38. The molecule has 5 heteroatoms. The lowest BCUT2D eigenvalue weighted by Gasteiger charge is -2.24. The molecule has 2 heterocycles. The van der Waals surface area contributed by atoms with Gasteiger partial charge in [0.15, 0.2) is 5.78 Å². The van der Waals surface area contributed by atoms with Gasteiger partial charge in [-0.1, -0.05) is 32.9 Å². The third kappa shape index (κ3) is 6.49. The van der Waals surface area contributed by atoms with Gasteiger partial charge in [0.25, 0.3) is 0 Å². The van der Waals surface area contributed by atoms with Crippen LogP contribution in [0.3, 0.4) is 0 Å². The van der Waals surface area contributed by atoms with E-state index in [1.54, 1.807) is 0 Å². The van der Waals surface area contributed by atoms with Gasteiger partial charge in [0.2, 0.25) is 5.91 Å². The second kappa shape index (κ2) is 10.2. The number of carbonyl (C=O) groups is 3. The Morgan fingerprint density at radius 2 is 1.81 bits per heavy atom. The number of nitrogens with one attached hydrogen (secondary N) is 1. The van der Waals surface area contributed by atoms with Crippen molar-refractivity contribution in [2.45, 2.75) is 58.9 Å². The van der Waals surface area contributed by atoms with Gasteiger partial charge in [0.05, 0.1) is 12.6 Å². The van der Waals surface area contributed by atoms with Crippen LogP contribution < -0.4 is 10.1 Å². The van der Waals surface area contributed by atoms with Crippen molar-refractivity contribution in [3.05, 3.63) is 29.8 Å². The predicted molar refractivity (Wildman–Crippen MR) is 105 cm³/mol. The van der Waals surface area contributed by atoms with Crippen LogP contribution in [0.5, 0.6) is 5.75 Å². The zero-order valence-electron chi connectivity index (χ0n) is 16.6. The fraction of sp³-hybridized carbons (Fsp3) is 0.591. The minimum Gasteiger partial charge on any atom is -0.494 e. The van der Waals surface area contributed by atoms with E-state index in [1.807, 2.05) is 45.0 Å². The first-order valence-corrected chi connectivity index (χ1v) is 9.90. The molecule has 0 aliphatic carbocycles. The Hall–Kier alpha value is -2.17. The van der Waals surface area contributed by atoms with E-state index in [4.69, 9.17) is 4.74 Å². The number of Topliss-reactive ketones (excluding diaryl/α,β-unsaturated/α-hetero) is 1. The summed E-state index contributed by atoms with van der Waals surface area (Å²) in [5.74, 6) is 0.0466. The van der Waals surface area contributed by atoms with Gasteiger partial charge in [0, 0.05) is 18.3 Å². The molecule has 3 rings (SSSR count). The monoisotopic (exact) mass is 373 g/mol. The summed E-state index contributed by atoms with van der Waals surface area (Å²) in [5, 5.41) is 2.92. The lowest BCUT2D eigenvalue weighted by Crippen LogP contribution is -2.47. The molecule has 2 aliphatic heterocycles. The number of carbonyl (C=O) groups excluding carboxylic acids is 3. The van der Waals surface area contributed by atoms with Gasteiger partial charge in [-0.05, 0) is 49.3 Å². The molecule has 0 saturated carbocycles. The quantitative estimate of drug-likeness (QED) is 0.807. The van der Waals surface area contributed by atoms with Crippen LogP contribution in [-0.2, 0) is 20.8 Å². The second-order valence-electron chi connectivity index (χ2n) is 7.89. The number of rotatable bonds is 2. The van der Waals surface area contributed by atoms with Crippen LogP contribution in [0.2, 0.25) is 0 Å². The van der Waals surface area contributed by atoms with Crippen LogP contribution in [0.1, 0.15) is 52.0 Å². The average molecular weight is 373 g/mol. The van der Waals surface area contributed by atoms with Crippen molar-refractivity contribution < 1.29 is 19.1 Å².